The van der Waals surface area contributed by atoms with Gasteiger partial charge < -0.3 is 9.84 Å². The van der Waals surface area contributed by atoms with Gasteiger partial charge in [-0.15, -0.1) is 0 Å². The molecule has 4 nitrogen and oxygen atoms in total. The Labute approximate surface area is 120 Å². The summed E-state index contributed by atoms with van der Waals surface area (Å²) in [6, 6.07) is 7.40. The second kappa shape index (κ2) is 6.14. The number of para-hydroxylation sites is 1. The number of hydrogen-bond donors (Lipinski definition) is 1. The van der Waals surface area contributed by atoms with Crippen molar-refractivity contribution in [2.24, 2.45) is 5.92 Å². The quantitative estimate of drug-likeness (QED) is 0.906. The van der Waals surface area contributed by atoms with Gasteiger partial charge in [0.05, 0.1) is 23.7 Å². The van der Waals surface area contributed by atoms with Crippen LogP contribution in [-0.2, 0) is 9.84 Å². The van der Waals surface area contributed by atoms with E-state index in [1.165, 1.54) is 0 Å². The molecule has 2 unspecified atom stereocenters. The Morgan fingerprint density at radius 1 is 1.35 bits per heavy atom. The Morgan fingerprint density at radius 3 is 2.65 bits per heavy atom. The minimum Gasteiger partial charge on any atom is -0.491 e. The number of ether oxygens (including phenoxy) is 1. The maximum absolute atomic E-state index is 11.5. The van der Waals surface area contributed by atoms with Crippen LogP contribution >= 0.6 is 0 Å². The Balaban J connectivity index is 2.07. The summed E-state index contributed by atoms with van der Waals surface area (Å²) in [4.78, 5) is 0. The van der Waals surface area contributed by atoms with E-state index in [0.717, 1.165) is 5.56 Å². The third-order valence-corrected chi connectivity index (χ3v) is 5.36. The third kappa shape index (κ3) is 3.96. The van der Waals surface area contributed by atoms with Crippen LogP contribution in [0.5, 0.6) is 5.75 Å². The lowest BCUT2D eigenvalue weighted by Gasteiger charge is -2.19. The van der Waals surface area contributed by atoms with Crippen molar-refractivity contribution in [1.29, 1.82) is 0 Å². The molecule has 2 rings (SSSR count). The Bertz CT molecular complexity index is 551. The summed E-state index contributed by atoms with van der Waals surface area (Å²) in [6.45, 7) is 3.87. The van der Waals surface area contributed by atoms with Crippen LogP contribution in [0.25, 0.3) is 0 Å². The van der Waals surface area contributed by atoms with Gasteiger partial charge in [-0.1, -0.05) is 18.2 Å². The molecular formula is C15H22O4S. The fourth-order valence-electron chi connectivity index (χ4n) is 2.62. The molecule has 0 aromatic heterocycles. The van der Waals surface area contributed by atoms with E-state index in [1.54, 1.807) is 0 Å². The molecule has 0 radical (unpaired) electrons. The predicted octanol–water partition coefficient (Wildman–Crippen LogP) is 2.33. The zero-order valence-corrected chi connectivity index (χ0v) is 12.8. The van der Waals surface area contributed by atoms with Gasteiger partial charge in [0.1, 0.15) is 5.75 Å². The van der Waals surface area contributed by atoms with Gasteiger partial charge >= 0.3 is 0 Å². The Hall–Kier alpha value is -1.07. The number of benzene rings is 1. The molecule has 1 saturated heterocycles. The van der Waals surface area contributed by atoms with Gasteiger partial charge in [-0.3, -0.25) is 0 Å². The number of aliphatic hydroxyl groups is 1. The highest BCUT2D eigenvalue weighted by Crippen LogP contribution is 2.33. The van der Waals surface area contributed by atoms with Gasteiger partial charge in [-0.25, -0.2) is 8.42 Å². The molecule has 0 aliphatic carbocycles. The first-order valence-electron chi connectivity index (χ1n) is 7.01. The van der Waals surface area contributed by atoms with Gasteiger partial charge in [0.2, 0.25) is 0 Å². The average Bonchev–Trinajstić information content (AvgIpc) is 2.68. The molecule has 112 valence electrons. The first-order chi connectivity index (χ1) is 9.37. The highest BCUT2D eigenvalue weighted by atomic mass is 32.2. The molecule has 0 spiro atoms. The normalized spacial score (nSPS) is 22.9. The van der Waals surface area contributed by atoms with E-state index in [-0.39, 0.29) is 23.5 Å². The summed E-state index contributed by atoms with van der Waals surface area (Å²) >= 11 is 0. The van der Waals surface area contributed by atoms with Crippen molar-refractivity contribution in [1.82, 2.24) is 0 Å². The van der Waals surface area contributed by atoms with E-state index in [9.17, 15) is 13.5 Å². The van der Waals surface area contributed by atoms with Crippen molar-refractivity contribution in [3.05, 3.63) is 29.8 Å². The topological polar surface area (TPSA) is 63.6 Å². The molecule has 0 amide bonds. The van der Waals surface area contributed by atoms with E-state index in [4.69, 9.17) is 4.74 Å². The van der Waals surface area contributed by atoms with Gasteiger partial charge in [0.25, 0.3) is 0 Å². The molecule has 1 fully saturated rings. The van der Waals surface area contributed by atoms with Gasteiger partial charge in [0.15, 0.2) is 9.84 Å². The number of sulfone groups is 1. The fourth-order valence-corrected chi connectivity index (χ4v) is 4.50. The van der Waals surface area contributed by atoms with Crippen molar-refractivity contribution in [2.75, 3.05) is 11.5 Å². The maximum Gasteiger partial charge on any atom is 0.150 e. The molecule has 1 aliphatic heterocycles. The van der Waals surface area contributed by atoms with Gasteiger partial charge in [-0.05, 0) is 38.7 Å². The standard InChI is InChI=1S/C15H22O4S/c1-11(2)19-15-6-4-3-5-13(15)14(16)9-12-7-8-20(17,18)10-12/h3-6,11-12,14,16H,7-10H2,1-2H3. The van der Waals surface area contributed by atoms with E-state index >= 15 is 0 Å². The molecular weight excluding hydrogens is 276 g/mol. The van der Waals surface area contributed by atoms with Crippen LogP contribution in [0.3, 0.4) is 0 Å². The van der Waals surface area contributed by atoms with E-state index in [0.29, 0.717) is 18.6 Å². The number of aliphatic hydroxyl groups excluding tert-OH is 1. The van der Waals surface area contributed by atoms with Crippen LogP contribution in [0, 0.1) is 5.92 Å². The summed E-state index contributed by atoms with van der Waals surface area (Å²) in [5.41, 5.74) is 0.741. The second-order valence-electron chi connectivity index (χ2n) is 5.72. The lowest BCUT2D eigenvalue weighted by atomic mass is 9.96. The zero-order valence-electron chi connectivity index (χ0n) is 12.0. The van der Waals surface area contributed by atoms with Crippen molar-refractivity contribution >= 4 is 9.84 Å². The smallest absolute Gasteiger partial charge is 0.150 e. The molecule has 20 heavy (non-hydrogen) atoms. The van der Waals surface area contributed by atoms with Gasteiger partial charge in [-0.2, -0.15) is 0 Å². The largest absolute Gasteiger partial charge is 0.491 e. The minimum atomic E-state index is -2.89. The monoisotopic (exact) mass is 298 g/mol. The highest BCUT2D eigenvalue weighted by Gasteiger charge is 2.30. The van der Waals surface area contributed by atoms with Crippen molar-refractivity contribution < 1.29 is 18.3 Å². The molecule has 1 heterocycles. The van der Waals surface area contributed by atoms with Crippen LogP contribution < -0.4 is 4.74 Å². The van der Waals surface area contributed by atoms with Crippen LogP contribution in [0.4, 0.5) is 0 Å². The molecule has 2 atom stereocenters. The van der Waals surface area contributed by atoms with Crippen LogP contribution in [0.2, 0.25) is 0 Å². The van der Waals surface area contributed by atoms with Gasteiger partial charge in [0, 0.05) is 5.56 Å². The van der Waals surface area contributed by atoms with Crippen LogP contribution in [0.15, 0.2) is 24.3 Å². The van der Waals surface area contributed by atoms with Crippen LogP contribution in [-0.4, -0.2) is 31.1 Å². The molecule has 0 saturated carbocycles. The lowest BCUT2D eigenvalue weighted by Crippen LogP contribution is -2.12. The predicted molar refractivity (Wildman–Crippen MR) is 78.5 cm³/mol. The maximum atomic E-state index is 11.5. The van der Waals surface area contributed by atoms with Crippen molar-refractivity contribution in [3.8, 4) is 5.75 Å². The lowest BCUT2D eigenvalue weighted by molar-refractivity contribution is 0.140. The summed E-state index contributed by atoms with van der Waals surface area (Å²) in [7, 11) is -2.89. The summed E-state index contributed by atoms with van der Waals surface area (Å²) < 4.78 is 28.6. The fraction of sp³-hybridized carbons (Fsp3) is 0.600. The Morgan fingerprint density at radius 2 is 2.05 bits per heavy atom. The summed E-state index contributed by atoms with van der Waals surface area (Å²) in [5, 5.41) is 10.4. The minimum absolute atomic E-state index is 0.0372. The third-order valence-electron chi connectivity index (χ3n) is 3.52. The summed E-state index contributed by atoms with van der Waals surface area (Å²) in [6.07, 6.45) is 0.475. The highest BCUT2D eigenvalue weighted by molar-refractivity contribution is 7.91. The van der Waals surface area contributed by atoms with Crippen molar-refractivity contribution in [2.45, 2.75) is 38.9 Å². The van der Waals surface area contributed by atoms with Crippen molar-refractivity contribution in [3.63, 3.8) is 0 Å². The zero-order chi connectivity index (χ0) is 14.8. The molecule has 5 heteroatoms. The first-order valence-corrected chi connectivity index (χ1v) is 8.83. The van der Waals surface area contributed by atoms with E-state index in [1.807, 2.05) is 38.1 Å². The van der Waals surface area contributed by atoms with E-state index in [2.05, 4.69) is 0 Å². The SMILES string of the molecule is CC(C)Oc1ccccc1C(O)CC1CCS(=O)(=O)C1. The average molecular weight is 298 g/mol. The molecule has 1 aromatic rings. The molecule has 1 N–H and O–H groups in total. The molecule has 1 aromatic carbocycles. The molecule has 0 bridgehead atoms. The van der Waals surface area contributed by atoms with Crippen LogP contribution in [0.1, 0.15) is 38.4 Å². The van der Waals surface area contributed by atoms with E-state index < -0.39 is 15.9 Å². The Kier molecular flexibility index (Phi) is 4.70. The first kappa shape index (κ1) is 15.3. The number of hydrogen-bond acceptors (Lipinski definition) is 4. The summed E-state index contributed by atoms with van der Waals surface area (Å²) in [5.74, 6) is 1.16. The molecule has 1 aliphatic rings. The second-order valence-corrected chi connectivity index (χ2v) is 7.95. The number of rotatable bonds is 5.